The highest BCUT2D eigenvalue weighted by Gasteiger charge is 2.36. The van der Waals surface area contributed by atoms with Crippen molar-refractivity contribution in [1.82, 2.24) is 0 Å². The summed E-state index contributed by atoms with van der Waals surface area (Å²) in [5.41, 5.74) is 0. The van der Waals surface area contributed by atoms with Crippen molar-refractivity contribution in [2.45, 2.75) is 32.1 Å². The first-order valence-corrected chi connectivity index (χ1v) is 10.5. The van der Waals surface area contributed by atoms with Crippen molar-refractivity contribution >= 4 is 41.4 Å². The highest BCUT2D eigenvalue weighted by Crippen LogP contribution is 2.31. The van der Waals surface area contributed by atoms with Crippen LogP contribution in [0.2, 0.25) is 0 Å². The molecule has 0 aromatic rings. The average Bonchev–Trinajstić information content (AvgIpc) is 2.79. The fourth-order valence-electron chi connectivity index (χ4n) is 2.67. The van der Waals surface area contributed by atoms with Crippen LogP contribution in [0, 0.1) is 11.8 Å². The number of carbonyl (C=O) groups excluding carboxylic acids is 4. The standard InChI is InChI=1S/C13H18O6.C8H11ClO4/c1-2-11(14)18-7-8-19-13(17)10-6-4-3-5-9(10)12(15)16;1-2-7(10)12-5-6-13-8(11)3-4-9/h2,9-10H,1,3-8H2,(H,15,16);2H,1,3-6H2. The Labute approximate surface area is 191 Å². The molecular formula is C21H29ClO10. The fourth-order valence-corrected chi connectivity index (χ4v) is 2.82. The van der Waals surface area contributed by atoms with Crippen molar-refractivity contribution in [1.29, 1.82) is 0 Å². The number of carboxylic acid groups (broad SMARTS) is 1. The van der Waals surface area contributed by atoms with Gasteiger partial charge in [-0.25, -0.2) is 9.59 Å². The molecule has 0 bridgehead atoms. The Kier molecular flexibility index (Phi) is 16.2. The van der Waals surface area contributed by atoms with Gasteiger partial charge in [-0.2, -0.15) is 0 Å². The van der Waals surface area contributed by atoms with E-state index in [1.165, 1.54) is 0 Å². The van der Waals surface area contributed by atoms with Crippen LogP contribution in [0.15, 0.2) is 25.3 Å². The number of hydrogen-bond donors (Lipinski definition) is 1. The third-order valence-electron chi connectivity index (χ3n) is 4.18. The summed E-state index contributed by atoms with van der Waals surface area (Å²) < 4.78 is 18.8. The first-order chi connectivity index (χ1) is 15.3. The molecule has 0 aromatic heterocycles. The molecule has 2 unspecified atom stereocenters. The van der Waals surface area contributed by atoms with Gasteiger partial charge in [-0.05, 0) is 12.8 Å². The van der Waals surface area contributed by atoms with E-state index >= 15 is 0 Å². The summed E-state index contributed by atoms with van der Waals surface area (Å²) in [5, 5.41) is 9.05. The number of carbonyl (C=O) groups is 5. The molecule has 180 valence electrons. The van der Waals surface area contributed by atoms with Gasteiger partial charge in [-0.1, -0.05) is 26.0 Å². The summed E-state index contributed by atoms with van der Waals surface area (Å²) in [5.74, 6) is -4.04. The number of hydrogen-bond acceptors (Lipinski definition) is 9. The molecule has 11 heteroatoms. The molecule has 0 radical (unpaired) electrons. The van der Waals surface area contributed by atoms with E-state index in [4.69, 9.17) is 21.4 Å². The Morgan fingerprint density at radius 2 is 1.28 bits per heavy atom. The van der Waals surface area contributed by atoms with E-state index in [-0.39, 0.29) is 38.7 Å². The van der Waals surface area contributed by atoms with Crippen LogP contribution in [0.3, 0.4) is 0 Å². The van der Waals surface area contributed by atoms with Crippen molar-refractivity contribution in [2.24, 2.45) is 11.8 Å². The molecule has 0 saturated heterocycles. The van der Waals surface area contributed by atoms with Crippen molar-refractivity contribution in [2.75, 3.05) is 32.3 Å². The van der Waals surface area contributed by atoms with Crippen molar-refractivity contribution < 1.29 is 48.0 Å². The van der Waals surface area contributed by atoms with Crippen molar-refractivity contribution in [3.63, 3.8) is 0 Å². The van der Waals surface area contributed by atoms with Crippen molar-refractivity contribution in [3.8, 4) is 0 Å². The number of rotatable bonds is 12. The predicted molar refractivity (Wildman–Crippen MR) is 113 cm³/mol. The number of alkyl halides is 1. The van der Waals surface area contributed by atoms with E-state index < -0.39 is 41.7 Å². The van der Waals surface area contributed by atoms with Gasteiger partial charge in [0.1, 0.15) is 26.4 Å². The highest BCUT2D eigenvalue weighted by atomic mass is 35.5. The SMILES string of the molecule is C=CC(=O)OCCOC(=O)C1CCCCC1C(=O)O.C=CC(=O)OCCOC(=O)CCCl. The third kappa shape index (κ3) is 13.4. The number of ether oxygens (including phenoxy) is 4. The number of aliphatic carboxylic acids is 1. The highest BCUT2D eigenvalue weighted by molar-refractivity contribution is 6.18. The Bertz CT molecular complexity index is 661. The maximum absolute atomic E-state index is 11.8. The Morgan fingerprint density at radius 3 is 1.75 bits per heavy atom. The first-order valence-electron chi connectivity index (χ1n) is 9.96. The first kappa shape index (κ1) is 29.1. The zero-order chi connectivity index (χ0) is 24.4. The van der Waals surface area contributed by atoms with Crippen LogP contribution in [0.1, 0.15) is 32.1 Å². The van der Waals surface area contributed by atoms with E-state index in [9.17, 15) is 24.0 Å². The zero-order valence-electron chi connectivity index (χ0n) is 17.8. The lowest BCUT2D eigenvalue weighted by atomic mass is 9.79. The lowest BCUT2D eigenvalue weighted by Gasteiger charge is -2.26. The molecular weight excluding hydrogens is 448 g/mol. The van der Waals surface area contributed by atoms with Crippen LogP contribution in [-0.4, -0.2) is 67.3 Å². The number of esters is 4. The molecule has 1 saturated carbocycles. The summed E-state index contributed by atoms with van der Waals surface area (Å²) in [7, 11) is 0. The Hall–Kier alpha value is -2.88. The molecule has 1 rings (SSSR count). The molecule has 0 aromatic carbocycles. The third-order valence-corrected chi connectivity index (χ3v) is 4.37. The van der Waals surface area contributed by atoms with Crippen molar-refractivity contribution in [3.05, 3.63) is 25.3 Å². The van der Waals surface area contributed by atoms with Gasteiger partial charge in [0, 0.05) is 18.0 Å². The van der Waals surface area contributed by atoms with Gasteiger partial charge in [-0.15, -0.1) is 11.6 Å². The normalized spacial score (nSPS) is 16.9. The Morgan fingerprint density at radius 1 is 0.812 bits per heavy atom. The molecule has 1 aliphatic carbocycles. The lowest BCUT2D eigenvalue weighted by Crippen LogP contribution is -2.34. The molecule has 0 spiro atoms. The molecule has 0 heterocycles. The number of halogens is 1. The second-order valence-electron chi connectivity index (χ2n) is 6.41. The van der Waals surface area contributed by atoms with Crippen LogP contribution in [0.4, 0.5) is 0 Å². The largest absolute Gasteiger partial charge is 0.481 e. The summed E-state index contributed by atoms with van der Waals surface area (Å²) >= 11 is 5.28. The second kappa shape index (κ2) is 17.8. The minimum Gasteiger partial charge on any atom is -0.481 e. The van der Waals surface area contributed by atoms with Crippen LogP contribution in [-0.2, 0) is 42.9 Å². The van der Waals surface area contributed by atoms with Gasteiger partial charge in [0.2, 0.25) is 0 Å². The van der Waals surface area contributed by atoms with Crippen LogP contribution in [0.5, 0.6) is 0 Å². The fraction of sp³-hybridized carbons (Fsp3) is 0.571. The molecule has 0 aliphatic heterocycles. The molecule has 10 nitrogen and oxygen atoms in total. The van der Waals surface area contributed by atoms with E-state index in [1.807, 2.05) is 0 Å². The van der Waals surface area contributed by atoms with E-state index in [0.717, 1.165) is 25.0 Å². The minimum atomic E-state index is -0.959. The average molecular weight is 477 g/mol. The molecule has 32 heavy (non-hydrogen) atoms. The van der Waals surface area contributed by atoms with E-state index in [0.29, 0.717) is 12.8 Å². The topological polar surface area (TPSA) is 142 Å². The Balaban J connectivity index is 0.000000649. The van der Waals surface area contributed by atoms with Gasteiger partial charge < -0.3 is 24.1 Å². The molecule has 1 aliphatic rings. The zero-order valence-corrected chi connectivity index (χ0v) is 18.6. The molecule has 1 fully saturated rings. The van der Waals surface area contributed by atoms with Crippen LogP contribution in [0.25, 0.3) is 0 Å². The molecule has 0 amide bonds. The molecule has 1 N–H and O–H groups in total. The monoisotopic (exact) mass is 476 g/mol. The summed E-state index contributed by atoms with van der Waals surface area (Å²) in [6.07, 6.45) is 4.90. The molecule has 2 atom stereocenters. The van der Waals surface area contributed by atoms with E-state index in [2.05, 4.69) is 27.4 Å². The van der Waals surface area contributed by atoms with Gasteiger partial charge in [0.25, 0.3) is 0 Å². The maximum atomic E-state index is 11.8. The van der Waals surface area contributed by atoms with Gasteiger partial charge in [-0.3, -0.25) is 14.4 Å². The van der Waals surface area contributed by atoms with Crippen LogP contribution < -0.4 is 0 Å². The van der Waals surface area contributed by atoms with E-state index in [1.54, 1.807) is 0 Å². The van der Waals surface area contributed by atoms with Gasteiger partial charge >= 0.3 is 29.8 Å². The smallest absolute Gasteiger partial charge is 0.330 e. The van der Waals surface area contributed by atoms with Gasteiger partial charge in [0.05, 0.1) is 18.3 Å². The van der Waals surface area contributed by atoms with Gasteiger partial charge in [0.15, 0.2) is 0 Å². The minimum absolute atomic E-state index is 0.0406. The summed E-state index contributed by atoms with van der Waals surface area (Å²) in [6, 6.07) is 0. The maximum Gasteiger partial charge on any atom is 0.330 e. The second-order valence-corrected chi connectivity index (χ2v) is 6.78. The lowest BCUT2D eigenvalue weighted by molar-refractivity contribution is -0.161. The summed E-state index contributed by atoms with van der Waals surface area (Å²) in [4.78, 5) is 54.7. The number of carboxylic acids is 1. The quantitative estimate of drug-likeness (QED) is 0.146. The summed E-state index contributed by atoms with van der Waals surface area (Å²) in [6.45, 7) is 6.40. The van der Waals surface area contributed by atoms with Crippen LogP contribution >= 0.6 is 11.6 Å². The predicted octanol–water partition coefficient (Wildman–Crippen LogP) is 2.04.